The van der Waals surface area contributed by atoms with Gasteiger partial charge in [0, 0.05) is 13.8 Å². The Morgan fingerprint density at radius 2 is 1.15 bits per heavy atom. The number of carbonyl (C=O) groups excluding carboxylic acids is 1. The average Bonchev–Trinajstić information content (AvgIpc) is 2.93. The molecule has 0 amide bonds. The van der Waals surface area contributed by atoms with Gasteiger partial charge in [-0.25, -0.2) is 4.89 Å². The van der Waals surface area contributed by atoms with Gasteiger partial charge in [-0.15, -0.1) is 0 Å². The minimum atomic E-state index is -1.41. The summed E-state index contributed by atoms with van der Waals surface area (Å²) in [4.78, 5) is 48.3. The fourth-order valence-electron chi connectivity index (χ4n) is 8.23. The smallest absolute Gasteiger partial charge is 0.312 e. The molecule has 0 radical (unpaired) electrons. The topological polar surface area (TPSA) is 119 Å². The van der Waals surface area contributed by atoms with E-state index in [2.05, 4.69) is 0 Å². The molecule has 2 N–H and O–H groups in total. The maximum atomic E-state index is 13.3. The molecule has 39 heavy (non-hydrogen) atoms. The molecular weight excluding hydrogens is 500 g/mol. The van der Waals surface area contributed by atoms with Crippen LogP contribution in [-0.2, 0) is 28.9 Å². The Morgan fingerprint density at radius 1 is 0.641 bits per heavy atom. The van der Waals surface area contributed by atoms with Crippen molar-refractivity contribution in [3.8, 4) is 0 Å². The lowest BCUT2D eigenvalue weighted by molar-refractivity contribution is -0.413. The lowest BCUT2D eigenvalue weighted by Gasteiger charge is -2.39. The van der Waals surface area contributed by atoms with Gasteiger partial charge < -0.3 is 14.9 Å². The molecule has 6 unspecified atom stereocenters. The minimum absolute atomic E-state index is 0.131. The number of carboxylic acids is 2. The third kappa shape index (κ3) is 8.18. The molecule has 0 aliphatic heterocycles. The summed E-state index contributed by atoms with van der Waals surface area (Å²) >= 11 is 0. The van der Waals surface area contributed by atoms with Crippen LogP contribution in [0.4, 0.5) is 0 Å². The van der Waals surface area contributed by atoms with Gasteiger partial charge in [0.05, 0.1) is 24.4 Å². The van der Waals surface area contributed by atoms with Crippen LogP contribution in [0.5, 0.6) is 0 Å². The maximum absolute atomic E-state index is 13.3. The molecule has 0 bridgehead atoms. The molecule has 8 nitrogen and oxygen atoms in total. The number of carboxylic acid groups (broad SMARTS) is 2. The maximum Gasteiger partial charge on any atom is 0.312 e. The molecule has 222 valence electrons. The van der Waals surface area contributed by atoms with Gasteiger partial charge in [-0.2, -0.15) is 4.89 Å². The highest BCUT2D eigenvalue weighted by atomic mass is 17.2. The zero-order valence-corrected chi connectivity index (χ0v) is 24.0. The summed E-state index contributed by atoms with van der Waals surface area (Å²) in [5.74, 6) is -3.64. The highest BCUT2D eigenvalue weighted by molar-refractivity contribution is 5.81. The first-order valence-corrected chi connectivity index (χ1v) is 15.6. The van der Waals surface area contributed by atoms with Crippen LogP contribution in [0.15, 0.2) is 0 Å². The highest BCUT2D eigenvalue weighted by Crippen LogP contribution is 2.44. The van der Waals surface area contributed by atoms with E-state index in [0.29, 0.717) is 42.9 Å². The monoisotopic (exact) mass is 550 g/mol. The molecular formula is C31H50O8. The lowest BCUT2D eigenvalue weighted by atomic mass is 9.67. The molecule has 0 heterocycles. The number of rotatable bonds is 10. The Balaban J connectivity index is 1.31. The molecule has 0 spiro atoms. The van der Waals surface area contributed by atoms with E-state index in [1.54, 1.807) is 13.8 Å². The van der Waals surface area contributed by atoms with Crippen molar-refractivity contribution in [3.63, 3.8) is 0 Å². The predicted octanol–water partition coefficient (Wildman–Crippen LogP) is 6.61. The molecule has 4 aliphatic rings. The van der Waals surface area contributed by atoms with Crippen molar-refractivity contribution in [2.24, 2.45) is 47.3 Å². The number of aliphatic carboxylic acids is 2. The van der Waals surface area contributed by atoms with Crippen LogP contribution in [0.1, 0.15) is 117 Å². The third-order valence-electron chi connectivity index (χ3n) is 10.4. The second kappa shape index (κ2) is 13.8. The van der Waals surface area contributed by atoms with Crippen LogP contribution in [0.25, 0.3) is 0 Å². The Kier molecular flexibility index (Phi) is 10.7. The third-order valence-corrected chi connectivity index (χ3v) is 10.4. The zero-order valence-electron chi connectivity index (χ0n) is 24.0. The van der Waals surface area contributed by atoms with E-state index < -0.39 is 41.4 Å². The molecule has 0 saturated heterocycles. The van der Waals surface area contributed by atoms with Crippen LogP contribution in [0.3, 0.4) is 0 Å². The first-order chi connectivity index (χ1) is 18.6. The Bertz CT molecular complexity index is 828. The van der Waals surface area contributed by atoms with Crippen molar-refractivity contribution >= 4 is 17.9 Å². The van der Waals surface area contributed by atoms with Crippen LogP contribution >= 0.6 is 0 Å². The number of esters is 1. The molecule has 8 heteroatoms. The Labute approximate surface area is 233 Å². The van der Waals surface area contributed by atoms with E-state index in [1.165, 1.54) is 51.4 Å². The van der Waals surface area contributed by atoms with E-state index >= 15 is 0 Å². The molecule has 0 aromatic rings. The lowest BCUT2D eigenvalue weighted by Crippen LogP contribution is -2.42. The van der Waals surface area contributed by atoms with Crippen molar-refractivity contribution in [2.75, 3.05) is 6.61 Å². The van der Waals surface area contributed by atoms with Gasteiger partial charge in [0.1, 0.15) is 0 Å². The zero-order chi connectivity index (χ0) is 28.0. The number of carbonyl (C=O) groups is 3. The van der Waals surface area contributed by atoms with E-state index in [4.69, 9.17) is 14.5 Å². The molecule has 4 fully saturated rings. The van der Waals surface area contributed by atoms with Gasteiger partial charge in [0.25, 0.3) is 0 Å². The number of ether oxygens (including phenoxy) is 1. The summed E-state index contributed by atoms with van der Waals surface area (Å²) in [6.07, 6.45) is 16.6. The largest absolute Gasteiger partial charge is 0.481 e. The highest BCUT2D eigenvalue weighted by Gasteiger charge is 2.44. The summed E-state index contributed by atoms with van der Waals surface area (Å²) < 4.78 is 5.71. The first kappa shape index (κ1) is 30.3. The fraction of sp³-hybridized carbons (Fsp3) is 0.903. The fourth-order valence-corrected chi connectivity index (χ4v) is 8.23. The van der Waals surface area contributed by atoms with Crippen LogP contribution < -0.4 is 0 Å². The van der Waals surface area contributed by atoms with Gasteiger partial charge in [-0.3, -0.25) is 14.4 Å². The Morgan fingerprint density at radius 3 is 1.69 bits per heavy atom. The summed E-state index contributed by atoms with van der Waals surface area (Å²) in [5, 5.41) is 19.6. The summed E-state index contributed by atoms with van der Waals surface area (Å²) in [6.45, 7) is 3.30. The van der Waals surface area contributed by atoms with E-state index in [9.17, 15) is 24.6 Å². The van der Waals surface area contributed by atoms with Crippen molar-refractivity contribution in [3.05, 3.63) is 0 Å². The molecule has 4 aliphatic carbocycles. The van der Waals surface area contributed by atoms with Gasteiger partial charge in [-0.1, -0.05) is 64.2 Å². The van der Waals surface area contributed by atoms with Gasteiger partial charge in [0.2, 0.25) is 5.79 Å². The second-order valence-corrected chi connectivity index (χ2v) is 13.4. The van der Waals surface area contributed by atoms with Gasteiger partial charge in [0.15, 0.2) is 0 Å². The van der Waals surface area contributed by atoms with Crippen LogP contribution in [0, 0.1) is 47.3 Å². The van der Waals surface area contributed by atoms with Crippen molar-refractivity contribution in [1.29, 1.82) is 0 Å². The molecule has 6 atom stereocenters. The molecule has 4 rings (SSSR count). The van der Waals surface area contributed by atoms with Crippen molar-refractivity contribution < 1.29 is 39.1 Å². The molecule has 0 aromatic carbocycles. The molecule has 4 saturated carbocycles. The van der Waals surface area contributed by atoms with E-state index in [1.807, 2.05) is 0 Å². The second-order valence-electron chi connectivity index (χ2n) is 13.4. The first-order valence-electron chi connectivity index (χ1n) is 15.6. The number of hydrogen-bond acceptors (Lipinski definition) is 6. The quantitative estimate of drug-likeness (QED) is 0.135. The van der Waals surface area contributed by atoms with Crippen molar-refractivity contribution in [1.82, 2.24) is 0 Å². The predicted molar refractivity (Wildman–Crippen MR) is 144 cm³/mol. The summed E-state index contributed by atoms with van der Waals surface area (Å²) in [7, 11) is 0. The van der Waals surface area contributed by atoms with Crippen LogP contribution in [-0.4, -0.2) is 40.5 Å². The molecule has 0 aromatic heterocycles. The van der Waals surface area contributed by atoms with Gasteiger partial charge >= 0.3 is 17.9 Å². The number of hydrogen-bond donors (Lipinski definition) is 2. The normalized spacial score (nSPS) is 33.4. The average molecular weight is 551 g/mol. The van der Waals surface area contributed by atoms with Crippen molar-refractivity contribution in [2.45, 2.75) is 122 Å². The SMILES string of the molecule is CC(C)(OOCC1CC(C2CCCCC2)CCC1C(=O)O)OC(=O)C1CC(C2CCCCC2)CCC1C(=O)O. The van der Waals surface area contributed by atoms with Crippen LogP contribution in [0.2, 0.25) is 0 Å². The van der Waals surface area contributed by atoms with E-state index in [0.717, 1.165) is 32.1 Å². The summed E-state index contributed by atoms with van der Waals surface area (Å²) in [5.41, 5.74) is 0. The van der Waals surface area contributed by atoms with E-state index in [-0.39, 0.29) is 12.5 Å². The van der Waals surface area contributed by atoms with Gasteiger partial charge in [-0.05, 0) is 68.1 Å². The Hall–Kier alpha value is -1.67. The standard InChI is InChI=1S/C31H50O8/c1-31(2,38-30(36)27-18-23(14-16-26(27)29(34)35)21-11-7-4-8-12-21)39-37-19-24-17-22(13-15-25(24)28(32)33)20-9-5-3-6-10-20/h20-27H,3-19H2,1-2H3,(H,32,33)(H,34,35). The summed E-state index contributed by atoms with van der Waals surface area (Å²) in [6, 6.07) is 0. The minimum Gasteiger partial charge on any atom is -0.481 e.